The molecule has 2 atom stereocenters. The van der Waals surface area contributed by atoms with Crippen LogP contribution in [0.5, 0.6) is 0 Å². The van der Waals surface area contributed by atoms with Crippen molar-refractivity contribution in [2.75, 3.05) is 10.6 Å². The van der Waals surface area contributed by atoms with Crippen molar-refractivity contribution in [2.24, 2.45) is 5.73 Å². The number of anilines is 3. The third-order valence-corrected chi connectivity index (χ3v) is 4.63. The molecule has 0 bridgehead atoms. The van der Waals surface area contributed by atoms with E-state index in [0.29, 0.717) is 17.4 Å². The van der Waals surface area contributed by atoms with Gasteiger partial charge in [-0.2, -0.15) is 4.98 Å². The first-order valence-electron chi connectivity index (χ1n) is 8.31. The zero-order chi connectivity index (χ0) is 16.5. The van der Waals surface area contributed by atoms with E-state index in [0.717, 1.165) is 18.5 Å². The van der Waals surface area contributed by atoms with Crippen molar-refractivity contribution in [3.8, 4) is 0 Å². The molecule has 2 aromatic heterocycles. The zero-order valence-corrected chi connectivity index (χ0v) is 13.4. The lowest BCUT2D eigenvalue weighted by atomic mass is 9.89. The molecule has 24 heavy (non-hydrogen) atoms. The van der Waals surface area contributed by atoms with Crippen LogP contribution in [0.4, 0.5) is 17.5 Å². The van der Waals surface area contributed by atoms with E-state index in [2.05, 4.69) is 32.1 Å². The minimum Gasteiger partial charge on any atom is -0.381 e. The Balaban J connectivity index is 1.83. The third kappa shape index (κ3) is 2.56. The van der Waals surface area contributed by atoms with Gasteiger partial charge in [-0.15, -0.1) is 5.10 Å². The maximum atomic E-state index is 6.44. The lowest BCUT2D eigenvalue weighted by molar-refractivity contribution is 0.378. The molecular weight excluding hydrogens is 302 g/mol. The van der Waals surface area contributed by atoms with Crippen LogP contribution < -0.4 is 16.4 Å². The second-order valence-electron chi connectivity index (χ2n) is 6.21. The Kier molecular flexibility index (Phi) is 3.78. The van der Waals surface area contributed by atoms with Crippen LogP contribution >= 0.6 is 0 Å². The quantitative estimate of drug-likeness (QED) is 0.766. The Labute approximate surface area is 140 Å². The fourth-order valence-electron chi connectivity index (χ4n) is 3.43. The van der Waals surface area contributed by atoms with Crippen molar-refractivity contribution in [2.45, 2.75) is 37.8 Å². The molecule has 3 aromatic rings. The van der Waals surface area contributed by atoms with Gasteiger partial charge in [0.15, 0.2) is 11.5 Å². The van der Waals surface area contributed by atoms with E-state index in [9.17, 15) is 0 Å². The van der Waals surface area contributed by atoms with Gasteiger partial charge in [-0.3, -0.25) is 0 Å². The highest BCUT2D eigenvalue weighted by Gasteiger charge is 2.31. The topological polar surface area (TPSA) is 98.4 Å². The number of benzene rings is 1. The molecule has 0 saturated heterocycles. The SMILES string of the molecule is Nc1nccn2nc(N(c3ccccc3)C3CCCCC3N)nc12. The van der Waals surface area contributed by atoms with E-state index < -0.39 is 0 Å². The summed E-state index contributed by atoms with van der Waals surface area (Å²) in [5.41, 5.74) is 14.0. The molecule has 0 radical (unpaired) electrons. The van der Waals surface area contributed by atoms with Crippen molar-refractivity contribution in [3.05, 3.63) is 42.7 Å². The van der Waals surface area contributed by atoms with Crippen LogP contribution in [0.1, 0.15) is 25.7 Å². The normalized spacial score (nSPS) is 21.0. The zero-order valence-electron chi connectivity index (χ0n) is 13.4. The van der Waals surface area contributed by atoms with Crippen LogP contribution in [0.25, 0.3) is 5.65 Å². The van der Waals surface area contributed by atoms with E-state index in [1.54, 1.807) is 16.9 Å². The van der Waals surface area contributed by atoms with Gasteiger partial charge in [-0.25, -0.2) is 9.50 Å². The molecule has 4 rings (SSSR count). The first-order chi connectivity index (χ1) is 11.7. The first-order valence-corrected chi connectivity index (χ1v) is 8.31. The Hall–Kier alpha value is -2.67. The molecule has 1 fully saturated rings. The van der Waals surface area contributed by atoms with Gasteiger partial charge >= 0.3 is 0 Å². The van der Waals surface area contributed by atoms with Gasteiger partial charge < -0.3 is 16.4 Å². The van der Waals surface area contributed by atoms with E-state index in [-0.39, 0.29) is 12.1 Å². The Morgan fingerprint density at radius 2 is 1.92 bits per heavy atom. The molecule has 0 aliphatic heterocycles. The lowest BCUT2D eigenvalue weighted by Gasteiger charge is -2.37. The molecule has 0 spiro atoms. The van der Waals surface area contributed by atoms with Crippen LogP contribution in [0.15, 0.2) is 42.7 Å². The van der Waals surface area contributed by atoms with E-state index in [1.807, 2.05) is 18.2 Å². The summed E-state index contributed by atoms with van der Waals surface area (Å²) in [6.45, 7) is 0. The van der Waals surface area contributed by atoms with Crippen molar-refractivity contribution in [3.63, 3.8) is 0 Å². The Morgan fingerprint density at radius 1 is 1.12 bits per heavy atom. The standard InChI is InChI=1S/C17H21N7/c18-13-8-4-5-9-14(13)24(12-6-2-1-3-7-12)17-21-16-15(19)20-10-11-23(16)22-17/h1-3,6-7,10-11,13-14H,4-5,8-9,18H2,(H2,19,20). The summed E-state index contributed by atoms with van der Waals surface area (Å²) in [4.78, 5) is 10.9. The van der Waals surface area contributed by atoms with Gasteiger partial charge in [0.25, 0.3) is 5.95 Å². The predicted molar refractivity (Wildman–Crippen MR) is 94.0 cm³/mol. The van der Waals surface area contributed by atoms with E-state index in [4.69, 9.17) is 11.5 Å². The van der Waals surface area contributed by atoms with Crippen LogP contribution in [0, 0.1) is 0 Å². The highest BCUT2D eigenvalue weighted by atomic mass is 15.4. The first kappa shape index (κ1) is 14.9. The lowest BCUT2D eigenvalue weighted by Crippen LogP contribution is -2.48. The van der Waals surface area contributed by atoms with Gasteiger partial charge in [0.1, 0.15) is 0 Å². The van der Waals surface area contributed by atoms with Crippen molar-refractivity contribution >= 4 is 23.1 Å². The maximum Gasteiger partial charge on any atom is 0.250 e. The Morgan fingerprint density at radius 3 is 2.67 bits per heavy atom. The van der Waals surface area contributed by atoms with Crippen molar-refractivity contribution < 1.29 is 0 Å². The van der Waals surface area contributed by atoms with Crippen molar-refractivity contribution in [1.82, 2.24) is 19.6 Å². The fraction of sp³-hybridized carbons (Fsp3) is 0.353. The average Bonchev–Trinajstić information content (AvgIpc) is 3.03. The molecule has 1 aromatic carbocycles. The van der Waals surface area contributed by atoms with Gasteiger partial charge in [0.2, 0.25) is 0 Å². The third-order valence-electron chi connectivity index (χ3n) is 4.63. The largest absolute Gasteiger partial charge is 0.381 e. The molecule has 1 saturated carbocycles. The number of aromatic nitrogens is 4. The monoisotopic (exact) mass is 323 g/mol. The summed E-state index contributed by atoms with van der Waals surface area (Å²) in [5.74, 6) is 0.987. The number of fused-ring (bicyclic) bond motifs is 1. The summed E-state index contributed by atoms with van der Waals surface area (Å²) in [5, 5.41) is 4.62. The second kappa shape index (κ2) is 6.09. The summed E-state index contributed by atoms with van der Waals surface area (Å²) in [7, 11) is 0. The number of rotatable bonds is 3. The number of hydrogen-bond donors (Lipinski definition) is 2. The highest BCUT2D eigenvalue weighted by molar-refractivity contribution is 5.65. The maximum absolute atomic E-state index is 6.44. The molecule has 2 unspecified atom stereocenters. The highest BCUT2D eigenvalue weighted by Crippen LogP contribution is 2.32. The van der Waals surface area contributed by atoms with Gasteiger partial charge in [-0.1, -0.05) is 31.0 Å². The molecule has 2 heterocycles. The van der Waals surface area contributed by atoms with Crippen molar-refractivity contribution in [1.29, 1.82) is 0 Å². The molecule has 7 nitrogen and oxygen atoms in total. The predicted octanol–water partition coefficient (Wildman–Crippen LogP) is 2.11. The number of para-hydroxylation sites is 1. The molecule has 7 heteroatoms. The second-order valence-corrected chi connectivity index (χ2v) is 6.21. The van der Waals surface area contributed by atoms with Crippen LogP contribution in [-0.2, 0) is 0 Å². The van der Waals surface area contributed by atoms with Gasteiger partial charge in [0, 0.05) is 24.1 Å². The summed E-state index contributed by atoms with van der Waals surface area (Å²) >= 11 is 0. The summed E-state index contributed by atoms with van der Waals surface area (Å²) in [6, 6.07) is 10.4. The summed E-state index contributed by atoms with van der Waals surface area (Å²) < 4.78 is 1.67. The molecule has 4 N–H and O–H groups in total. The smallest absolute Gasteiger partial charge is 0.250 e. The molecule has 0 amide bonds. The van der Waals surface area contributed by atoms with Crippen LogP contribution in [0.2, 0.25) is 0 Å². The molecule has 1 aliphatic carbocycles. The molecule has 1 aliphatic rings. The number of nitrogens with two attached hydrogens (primary N) is 2. The van der Waals surface area contributed by atoms with Crippen LogP contribution in [-0.4, -0.2) is 31.7 Å². The van der Waals surface area contributed by atoms with Gasteiger partial charge in [-0.05, 0) is 25.0 Å². The summed E-state index contributed by atoms with van der Waals surface area (Å²) in [6.07, 6.45) is 7.77. The van der Waals surface area contributed by atoms with E-state index >= 15 is 0 Å². The minimum atomic E-state index is 0.0982. The van der Waals surface area contributed by atoms with E-state index in [1.165, 1.54) is 12.8 Å². The number of hydrogen-bond acceptors (Lipinski definition) is 6. The molecule has 124 valence electrons. The van der Waals surface area contributed by atoms with Gasteiger partial charge in [0.05, 0.1) is 6.04 Å². The Bertz CT molecular complexity index is 829. The minimum absolute atomic E-state index is 0.0982. The average molecular weight is 323 g/mol. The number of nitrogens with zero attached hydrogens (tertiary/aromatic N) is 5. The number of nitrogen functional groups attached to an aromatic ring is 1. The fourth-order valence-corrected chi connectivity index (χ4v) is 3.43. The molecular formula is C17H21N7. The van der Waals surface area contributed by atoms with Crippen LogP contribution in [0.3, 0.4) is 0 Å².